The summed E-state index contributed by atoms with van der Waals surface area (Å²) in [6.07, 6.45) is 1.23. The molecule has 29 heavy (non-hydrogen) atoms. The number of ether oxygens (including phenoxy) is 2. The number of methoxy groups -OCH3 is 2. The van der Waals surface area contributed by atoms with Crippen molar-refractivity contribution in [3.8, 4) is 11.5 Å². The van der Waals surface area contributed by atoms with Crippen LogP contribution < -0.4 is 9.47 Å². The van der Waals surface area contributed by atoms with E-state index in [9.17, 15) is 9.59 Å². The highest BCUT2D eigenvalue weighted by atomic mass is 16.5. The first-order valence-corrected chi connectivity index (χ1v) is 9.86. The third kappa shape index (κ3) is 5.08. The minimum atomic E-state index is -0.0577. The van der Waals surface area contributed by atoms with Gasteiger partial charge in [-0.05, 0) is 37.1 Å². The quantitative estimate of drug-likeness (QED) is 0.753. The second kappa shape index (κ2) is 9.45. The van der Waals surface area contributed by atoms with Crippen LogP contribution in [0.5, 0.6) is 11.5 Å². The van der Waals surface area contributed by atoms with E-state index in [-0.39, 0.29) is 11.8 Å². The summed E-state index contributed by atoms with van der Waals surface area (Å²) in [6, 6.07) is 13.4. The van der Waals surface area contributed by atoms with Gasteiger partial charge in [0, 0.05) is 38.2 Å². The zero-order valence-electron chi connectivity index (χ0n) is 17.3. The summed E-state index contributed by atoms with van der Waals surface area (Å²) in [6.45, 7) is 4.24. The van der Waals surface area contributed by atoms with Crippen molar-refractivity contribution in [3.05, 3.63) is 59.2 Å². The molecule has 1 heterocycles. The number of benzene rings is 2. The maximum absolute atomic E-state index is 12.8. The number of carbonyl (C=O) groups is 2. The van der Waals surface area contributed by atoms with Gasteiger partial charge in [-0.1, -0.05) is 29.8 Å². The molecule has 6 nitrogen and oxygen atoms in total. The second-order valence-electron chi connectivity index (χ2n) is 7.23. The average Bonchev–Trinajstić information content (AvgIpc) is 2.77. The highest BCUT2D eigenvalue weighted by Gasteiger charge is 2.25. The summed E-state index contributed by atoms with van der Waals surface area (Å²) in [5.41, 5.74) is 2.95. The normalized spacial score (nSPS) is 13.9. The summed E-state index contributed by atoms with van der Waals surface area (Å²) < 4.78 is 10.5. The van der Waals surface area contributed by atoms with Crippen LogP contribution in [-0.2, 0) is 11.2 Å². The number of carbonyl (C=O) groups excluding carboxylic acids is 2. The van der Waals surface area contributed by atoms with Gasteiger partial charge < -0.3 is 19.3 Å². The van der Waals surface area contributed by atoms with Crippen LogP contribution in [0.15, 0.2) is 42.5 Å². The first-order chi connectivity index (χ1) is 14.0. The fourth-order valence-corrected chi connectivity index (χ4v) is 3.47. The fraction of sp³-hybridized carbons (Fsp3) is 0.391. The van der Waals surface area contributed by atoms with Gasteiger partial charge in [-0.2, -0.15) is 0 Å². The molecule has 1 fully saturated rings. The van der Waals surface area contributed by atoms with Gasteiger partial charge in [0.2, 0.25) is 5.91 Å². The molecule has 2 amide bonds. The van der Waals surface area contributed by atoms with E-state index in [4.69, 9.17) is 9.47 Å². The Balaban J connectivity index is 1.52. The first kappa shape index (κ1) is 20.7. The van der Waals surface area contributed by atoms with E-state index in [1.54, 1.807) is 37.3 Å². The summed E-state index contributed by atoms with van der Waals surface area (Å²) in [7, 11) is 3.11. The highest BCUT2D eigenvalue weighted by Crippen LogP contribution is 2.28. The largest absolute Gasteiger partial charge is 0.493 e. The number of nitrogens with zero attached hydrogens (tertiary/aromatic N) is 2. The molecular weight excluding hydrogens is 368 g/mol. The molecule has 0 radical (unpaired) electrons. The Labute approximate surface area is 172 Å². The van der Waals surface area contributed by atoms with Gasteiger partial charge >= 0.3 is 0 Å². The molecule has 0 atom stereocenters. The van der Waals surface area contributed by atoms with Gasteiger partial charge in [0.1, 0.15) is 0 Å². The van der Waals surface area contributed by atoms with Crippen molar-refractivity contribution in [1.29, 1.82) is 0 Å². The van der Waals surface area contributed by atoms with E-state index in [0.29, 0.717) is 49.7 Å². The van der Waals surface area contributed by atoms with Crippen molar-refractivity contribution in [2.24, 2.45) is 0 Å². The van der Waals surface area contributed by atoms with E-state index in [1.807, 2.05) is 4.90 Å². The van der Waals surface area contributed by atoms with Gasteiger partial charge in [-0.25, -0.2) is 0 Å². The zero-order chi connectivity index (χ0) is 20.8. The van der Waals surface area contributed by atoms with Crippen molar-refractivity contribution in [2.45, 2.75) is 19.8 Å². The van der Waals surface area contributed by atoms with Crippen molar-refractivity contribution >= 4 is 11.8 Å². The Morgan fingerprint density at radius 1 is 0.862 bits per heavy atom. The van der Waals surface area contributed by atoms with Crippen molar-refractivity contribution in [1.82, 2.24) is 9.80 Å². The Bertz CT molecular complexity index is 856. The van der Waals surface area contributed by atoms with E-state index >= 15 is 0 Å². The summed E-state index contributed by atoms with van der Waals surface area (Å²) >= 11 is 0. The van der Waals surface area contributed by atoms with Crippen LogP contribution in [0, 0.1) is 6.92 Å². The lowest BCUT2D eigenvalue weighted by atomic mass is 10.1. The van der Waals surface area contributed by atoms with Crippen LogP contribution in [0.4, 0.5) is 0 Å². The number of aryl methyl sites for hydroxylation is 2. The molecule has 0 bridgehead atoms. The van der Waals surface area contributed by atoms with E-state index in [1.165, 1.54) is 11.1 Å². The topological polar surface area (TPSA) is 59.1 Å². The van der Waals surface area contributed by atoms with E-state index < -0.39 is 0 Å². The second-order valence-corrected chi connectivity index (χ2v) is 7.23. The molecule has 2 aromatic rings. The third-order valence-corrected chi connectivity index (χ3v) is 5.30. The Morgan fingerprint density at radius 3 is 2.10 bits per heavy atom. The minimum Gasteiger partial charge on any atom is -0.493 e. The summed E-state index contributed by atoms with van der Waals surface area (Å²) in [4.78, 5) is 29.0. The molecule has 154 valence electrons. The maximum Gasteiger partial charge on any atom is 0.254 e. The maximum atomic E-state index is 12.8. The Hall–Kier alpha value is -3.02. The molecule has 1 saturated heterocycles. The molecule has 0 spiro atoms. The lowest BCUT2D eigenvalue weighted by Crippen LogP contribution is -2.50. The number of rotatable bonds is 6. The lowest BCUT2D eigenvalue weighted by Gasteiger charge is -2.35. The lowest BCUT2D eigenvalue weighted by molar-refractivity contribution is -0.132. The molecule has 0 aliphatic carbocycles. The van der Waals surface area contributed by atoms with E-state index in [0.717, 1.165) is 6.42 Å². The van der Waals surface area contributed by atoms with Gasteiger partial charge in [-0.3, -0.25) is 9.59 Å². The fourth-order valence-electron chi connectivity index (χ4n) is 3.47. The van der Waals surface area contributed by atoms with Gasteiger partial charge in [-0.15, -0.1) is 0 Å². The van der Waals surface area contributed by atoms with Crippen molar-refractivity contribution in [2.75, 3.05) is 40.4 Å². The standard InChI is InChI=1S/C23H28N2O4/c1-17-4-6-18(7-5-17)8-11-22(26)24-12-14-25(15-13-24)23(27)19-9-10-20(28-2)21(16-19)29-3/h4-7,9-10,16H,8,11-15H2,1-3H3. The van der Waals surface area contributed by atoms with Crippen LogP contribution in [0.25, 0.3) is 0 Å². The van der Waals surface area contributed by atoms with Crippen LogP contribution in [-0.4, -0.2) is 62.0 Å². The van der Waals surface area contributed by atoms with E-state index in [2.05, 4.69) is 31.2 Å². The third-order valence-electron chi connectivity index (χ3n) is 5.30. The number of hydrogen-bond acceptors (Lipinski definition) is 4. The zero-order valence-corrected chi connectivity index (χ0v) is 17.3. The highest BCUT2D eigenvalue weighted by molar-refractivity contribution is 5.95. The minimum absolute atomic E-state index is 0.0577. The SMILES string of the molecule is COc1ccc(C(=O)N2CCN(C(=O)CCc3ccc(C)cc3)CC2)cc1OC. The monoisotopic (exact) mass is 396 g/mol. The summed E-state index contributed by atoms with van der Waals surface area (Å²) in [5.74, 6) is 1.21. The Kier molecular flexibility index (Phi) is 6.75. The van der Waals surface area contributed by atoms with Crippen LogP contribution >= 0.6 is 0 Å². The molecule has 0 aromatic heterocycles. The summed E-state index contributed by atoms with van der Waals surface area (Å²) in [5, 5.41) is 0. The Morgan fingerprint density at radius 2 is 1.48 bits per heavy atom. The van der Waals surface area contributed by atoms with Crippen molar-refractivity contribution < 1.29 is 19.1 Å². The predicted octanol–water partition coefficient (Wildman–Crippen LogP) is 2.93. The molecule has 6 heteroatoms. The smallest absolute Gasteiger partial charge is 0.254 e. The average molecular weight is 396 g/mol. The van der Waals surface area contributed by atoms with Crippen LogP contribution in [0.1, 0.15) is 27.9 Å². The van der Waals surface area contributed by atoms with Gasteiger partial charge in [0.25, 0.3) is 5.91 Å². The van der Waals surface area contributed by atoms with Gasteiger partial charge in [0.05, 0.1) is 14.2 Å². The molecule has 3 rings (SSSR count). The first-order valence-electron chi connectivity index (χ1n) is 9.86. The number of piperazine rings is 1. The van der Waals surface area contributed by atoms with Crippen LogP contribution in [0.2, 0.25) is 0 Å². The molecule has 2 aromatic carbocycles. The molecule has 0 N–H and O–H groups in total. The molecule has 0 saturated carbocycles. The van der Waals surface area contributed by atoms with Gasteiger partial charge in [0.15, 0.2) is 11.5 Å². The molecular formula is C23H28N2O4. The van der Waals surface area contributed by atoms with Crippen LogP contribution in [0.3, 0.4) is 0 Å². The molecule has 1 aliphatic rings. The molecule has 0 unspecified atom stereocenters. The molecule has 1 aliphatic heterocycles. The number of hydrogen-bond donors (Lipinski definition) is 0. The predicted molar refractivity (Wildman–Crippen MR) is 112 cm³/mol. The van der Waals surface area contributed by atoms with Crippen molar-refractivity contribution in [3.63, 3.8) is 0 Å². The number of amides is 2.